The lowest BCUT2D eigenvalue weighted by molar-refractivity contribution is 0.304. The molecule has 0 spiro atoms. The summed E-state index contributed by atoms with van der Waals surface area (Å²) in [7, 11) is 0. The Bertz CT molecular complexity index is 655. The van der Waals surface area contributed by atoms with E-state index in [2.05, 4.69) is 19.1 Å². The standard InChI is InChI=1S/C19H21NO/c1-14-8-9-19(16(3)12-14)21-11-10-17(13-20)18-7-5-4-6-15(18)2/h4-9,12,17H,10-11H2,1-3H3. The molecule has 0 aliphatic carbocycles. The highest BCUT2D eigenvalue weighted by atomic mass is 16.5. The molecule has 0 heterocycles. The van der Waals surface area contributed by atoms with Gasteiger partial charge in [0.1, 0.15) is 5.75 Å². The van der Waals surface area contributed by atoms with Crippen molar-refractivity contribution in [3.63, 3.8) is 0 Å². The first-order chi connectivity index (χ1) is 10.1. The van der Waals surface area contributed by atoms with Gasteiger partial charge in [0.15, 0.2) is 0 Å². The fraction of sp³-hybridized carbons (Fsp3) is 0.316. The summed E-state index contributed by atoms with van der Waals surface area (Å²) in [5.74, 6) is 0.791. The maximum Gasteiger partial charge on any atom is 0.122 e. The van der Waals surface area contributed by atoms with Crippen LogP contribution < -0.4 is 4.74 Å². The molecule has 0 fully saturated rings. The van der Waals surface area contributed by atoms with E-state index in [1.54, 1.807) is 0 Å². The van der Waals surface area contributed by atoms with Gasteiger partial charge in [-0.15, -0.1) is 0 Å². The Balaban J connectivity index is 1.99. The molecule has 0 saturated carbocycles. The maximum atomic E-state index is 9.39. The molecule has 0 aliphatic heterocycles. The third-order valence-electron chi connectivity index (χ3n) is 3.71. The Labute approximate surface area is 127 Å². The smallest absolute Gasteiger partial charge is 0.122 e. The predicted octanol–water partition coefficient (Wildman–Crippen LogP) is 4.69. The normalized spacial score (nSPS) is 11.7. The number of nitriles is 1. The number of aryl methyl sites for hydroxylation is 3. The number of benzene rings is 2. The third-order valence-corrected chi connectivity index (χ3v) is 3.71. The molecule has 0 amide bonds. The first kappa shape index (κ1) is 15.1. The Morgan fingerprint density at radius 1 is 1.05 bits per heavy atom. The predicted molar refractivity (Wildman–Crippen MR) is 85.6 cm³/mol. The Morgan fingerprint density at radius 3 is 2.48 bits per heavy atom. The minimum absolute atomic E-state index is 0.114. The van der Waals surface area contributed by atoms with Crippen LogP contribution in [0.3, 0.4) is 0 Å². The van der Waals surface area contributed by atoms with E-state index in [1.165, 1.54) is 5.56 Å². The highest BCUT2D eigenvalue weighted by molar-refractivity contribution is 5.36. The average molecular weight is 279 g/mol. The molecule has 0 aliphatic rings. The highest BCUT2D eigenvalue weighted by Crippen LogP contribution is 2.24. The second-order valence-corrected chi connectivity index (χ2v) is 5.44. The molecule has 2 aromatic carbocycles. The van der Waals surface area contributed by atoms with Crippen molar-refractivity contribution in [2.45, 2.75) is 33.1 Å². The highest BCUT2D eigenvalue weighted by Gasteiger charge is 2.13. The van der Waals surface area contributed by atoms with Crippen LogP contribution in [0.1, 0.15) is 34.6 Å². The van der Waals surface area contributed by atoms with E-state index in [9.17, 15) is 5.26 Å². The van der Waals surface area contributed by atoms with Crippen molar-refractivity contribution < 1.29 is 4.74 Å². The summed E-state index contributed by atoms with van der Waals surface area (Å²) in [5, 5.41) is 9.39. The molecule has 2 aromatic rings. The summed E-state index contributed by atoms with van der Waals surface area (Å²) in [6.45, 7) is 6.72. The monoisotopic (exact) mass is 279 g/mol. The van der Waals surface area contributed by atoms with Crippen molar-refractivity contribution in [3.05, 3.63) is 64.7 Å². The Kier molecular flexibility index (Phi) is 5.00. The summed E-state index contributed by atoms with van der Waals surface area (Å²) >= 11 is 0. The van der Waals surface area contributed by atoms with Crippen LogP contribution in [0.2, 0.25) is 0 Å². The molecular formula is C19H21NO. The molecule has 0 N–H and O–H groups in total. The lowest BCUT2D eigenvalue weighted by Crippen LogP contribution is -2.06. The Hall–Kier alpha value is -2.27. The van der Waals surface area contributed by atoms with Gasteiger partial charge in [0.25, 0.3) is 0 Å². The first-order valence-corrected chi connectivity index (χ1v) is 7.27. The Morgan fingerprint density at radius 2 is 1.81 bits per heavy atom. The maximum absolute atomic E-state index is 9.39. The van der Waals surface area contributed by atoms with E-state index < -0.39 is 0 Å². The summed E-state index contributed by atoms with van der Waals surface area (Å²) in [5.41, 5.74) is 4.63. The molecule has 0 radical (unpaired) electrons. The number of nitrogens with zero attached hydrogens (tertiary/aromatic N) is 1. The number of hydrogen-bond acceptors (Lipinski definition) is 2. The molecule has 21 heavy (non-hydrogen) atoms. The van der Waals surface area contributed by atoms with Gasteiger partial charge in [-0.1, -0.05) is 42.0 Å². The van der Waals surface area contributed by atoms with Gasteiger partial charge in [0.05, 0.1) is 18.6 Å². The summed E-state index contributed by atoms with van der Waals surface area (Å²) < 4.78 is 5.83. The van der Waals surface area contributed by atoms with Crippen LogP contribution in [0, 0.1) is 32.1 Å². The lowest BCUT2D eigenvalue weighted by Gasteiger charge is -2.14. The molecule has 1 atom stereocenters. The first-order valence-electron chi connectivity index (χ1n) is 7.27. The lowest BCUT2D eigenvalue weighted by atomic mass is 9.94. The van der Waals surface area contributed by atoms with Crippen LogP contribution in [0.4, 0.5) is 0 Å². The van der Waals surface area contributed by atoms with Crippen molar-refractivity contribution in [1.82, 2.24) is 0 Å². The van der Waals surface area contributed by atoms with Crippen molar-refractivity contribution in [1.29, 1.82) is 5.26 Å². The second-order valence-electron chi connectivity index (χ2n) is 5.44. The zero-order chi connectivity index (χ0) is 15.2. The van der Waals surface area contributed by atoms with Crippen molar-refractivity contribution in [2.75, 3.05) is 6.61 Å². The van der Waals surface area contributed by atoms with E-state index in [0.29, 0.717) is 13.0 Å². The minimum Gasteiger partial charge on any atom is -0.493 e. The van der Waals surface area contributed by atoms with Crippen LogP contribution in [-0.4, -0.2) is 6.61 Å². The number of ether oxygens (including phenoxy) is 1. The molecule has 0 saturated heterocycles. The SMILES string of the molecule is Cc1ccc(OCCC(C#N)c2ccccc2C)c(C)c1. The topological polar surface area (TPSA) is 33.0 Å². The molecule has 1 unspecified atom stereocenters. The van der Waals surface area contributed by atoms with Gasteiger partial charge in [-0.25, -0.2) is 0 Å². The van der Waals surface area contributed by atoms with E-state index in [0.717, 1.165) is 22.4 Å². The van der Waals surface area contributed by atoms with E-state index in [-0.39, 0.29) is 5.92 Å². The molecule has 2 nitrogen and oxygen atoms in total. The summed E-state index contributed by atoms with van der Waals surface area (Å²) in [6.07, 6.45) is 0.703. The van der Waals surface area contributed by atoms with Gasteiger partial charge < -0.3 is 4.74 Å². The van der Waals surface area contributed by atoms with Crippen LogP contribution in [0.15, 0.2) is 42.5 Å². The molecule has 2 rings (SSSR count). The van der Waals surface area contributed by atoms with E-state index in [4.69, 9.17) is 4.74 Å². The van der Waals surface area contributed by atoms with Crippen molar-refractivity contribution in [2.24, 2.45) is 0 Å². The van der Waals surface area contributed by atoms with Gasteiger partial charge in [-0.3, -0.25) is 0 Å². The van der Waals surface area contributed by atoms with Crippen LogP contribution in [0.25, 0.3) is 0 Å². The average Bonchev–Trinajstić information content (AvgIpc) is 2.47. The molecular weight excluding hydrogens is 258 g/mol. The fourth-order valence-electron chi connectivity index (χ4n) is 2.52. The molecule has 108 valence electrons. The number of hydrogen-bond donors (Lipinski definition) is 0. The second kappa shape index (κ2) is 6.95. The van der Waals surface area contributed by atoms with Gasteiger partial charge >= 0.3 is 0 Å². The van der Waals surface area contributed by atoms with Gasteiger partial charge in [0.2, 0.25) is 0 Å². The zero-order valence-electron chi connectivity index (χ0n) is 12.9. The van der Waals surface area contributed by atoms with Crippen molar-refractivity contribution >= 4 is 0 Å². The van der Waals surface area contributed by atoms with Crippen LogP contribution in [0.5, 0.6) is 5.75 Å². The molecule has 0 aromatic heterocycles. The minimum atomic E-state index is -0.114. The van der Waals surface area contributed by atoms with Gasteiger partial charge in [0, 0.05) is 6.42 Å². The number of rotatable bonds is 5. The third kappa shape index (κ3) is 3.86. The fourth-order valence-corrected chi connectivity index (χ4v) is 2.52. The van der Waals surface area contributed by atoms with Gasteiger partial charge in [-0.05, 0) is 43.5 Å². The largest absolute Gasteiger partial charge is 0.493 e. The summed E-state index contributed by atoms with van der Waals surface area (Å²) in [4.78, 5) is 0. The molecule has 0 bridgehead atoms. The van der Waals surface area contributed by atoms with E-state index >= 15 is 0 Å². The quantitative estimate of drug-likeness (QED) is 0.795. The van der Waals surface area contributed by atoms with E-state index in [1.807, 2.05) is 50.2 Å². The summed E-state index contributed by atoms with van der Waals surface area (Å²) in [6, 6.07) is 16.6. The molecule has 2 heteroatoms. The van der Waals surface area contributed by atoms with Crippen LogP contribution in [-0.2, 0) is 0 Å². The zero-order valence-corrected chi connectivity index (χ0v) is 12.9. The van der Waals surface area contributed by atoms with Crippen molar-refractivity contribution in [3.8, 4) is 11.8 Å². The van der Waals surface area contributed by atoms with Gasteiger partial charge in [-0.2, -0.15) is 5.26 Å². The van der Waals surface area contributed by atoms with Crippen LogP contribution >= 0.6 is 0 Å².